The van der Waals surface area contributed by atoms with Gasteiger partial charge in [0.15, 0.2) is 0 Å². The van der Waals surface area contributed by atoms with Crippen LogP contribution in [0, 0.1) is 5.82 Å². The SMILES string of the molecule is Nc1cc2c(cc1F)C(=O)NCC21CC1. The third kappa shape index (κ3) is 1.07. The molecule has 2 aliphatic rings. The van der Waals surface area contributed by atoms with Gasteiger partial charge in [-0.3, -0.25) is 4.79 Å². The highest BCUT2D eigenvalue weighted by atomic mass is 19.1. The van der Waals surface area contributed by atoms with E-state index >= 15 is 0 Å². The molecule has 1 aromatic carbocycles. The van der Waals surface area contributed by atoms with Gasteiger partial charge in [-0.1, -0.05) is 0 Å². The van der Waals surface area contributed by atoms with E-state index in [1.54, 1.807) is 6.07 Å². The lowest BCUT2D eigenvalue weighted by atomic mass is 9.87. The van der Waals surface area contributed by atoms with E-state index in [1.165, 1.54) is 6.07 Å². The van der Waals surface area contributed by atoms with Gasteiger partial charge in [-0.15, -0.1) is 0 Å². The summed E-state index contributed by atoms with van der Waals surface area (Å²) in [5.74, 6) is -0.706. The zero-order valence-electron chi connectivity index (χ0n) is 8.14. The molecule has 0 radical (unpaired) electrons. The lowest BCUT2D eigenvalue weighted by Gasteiger charge is -2.25. The first kappa shape index (κ1) is 8.71. The molecule has 78 valence electrons. The predicted octanol–water partition coefficient (Wildman–Crippen LogP) is 1.18. The maximum absolute atomic E-state index is 13.2. The van der Waals surface area contributed by atoms with Gasteiger partial charge in [-0.2, -0.15) is 0 Å². The van der Waals surface area contributed by atoms with Crippen LogP contribution in [0.3, 0.4) is 0 Å². The Morgan fingerprint density at radius 1 is 1.40 bits per heavy atom. The lowest BCUT2D eigenvalue weighted by molar-refractivity contribution is 0.0937. The third-order valence-electron chi connectivity index (χ3n) is 3.39. The molecule has 1 saturated carbocycles. The average molecular weight is 206 g/mol. The van der Waals surface area contributed by atoms with Gasteiger partial charge in [-0.05, 0) is 30.5 Å². The first-order chi connectivity index (χ1) is 7.12. The van der Waals surface area contributed by atoms with E-state index in [4.69, 9.17) is 5.73 Å². The summed E-state index contributed by atoms with van der Waals surface area (Å²) in [4.78, 5) is 11.5. The van der Waals surface area contributed by atoms with Crippen molar-refractivity contribution < 1.29 is 9.18 Å². The molecule has 1 spiro atoms. The summed E-state index contributed by atoms with van der Waals surface area (Å²) >= 11 is 0. The van der Waals surface area contributed by atoms with Crippen LogP contribution in [0.5, 0.6) is 0 Å². The molecule has 1 amide bonds. The first-order valence-corrected chi connectivity index (χ1v) is 5.00. The number of carbonyl (C=O) groups excluding carboxylic acids is 1. The Bertz CT molecular complexity index is 466. The molecule has 1 aromatic rings. The number of carbonyl (C=O) groups is 1. The molecule has 3 nitrogen and oxygen atoms in total. The fourth-order valence-electron chi connectivity index (χ4n) is 2.25. The summed E-state index contributed by atoms with van der Waals surface area (Å²) in [6.07, 6.45) is 2.09. The Hall–Kier alpha value is -1.58. The highest BCUT2D eigenvalue weighted by molar-refractivity contribution is 5.98. The number of halogens is 1. The number of nitrogens with one attached hydrogen (secondary N) is 1. The molecule has 1 aliphatic carbocycles. The predicted molar refractivity (Wildman–Crippen MR) is 54.1 cm³/mol. The molecule has 0 atom stereocenters. The number of nitrogens with two attached hydrogens (primary N) is 1. The Balaban J connectivity index is 2.24. The molecule has 3 rings (SSSR count). The number of amides is 1. The van der Waals surface area contributed by atoms with Gasteiger partial charge >= 0.3 is 0 Å². The Kier molecular flexibility index (Phi) is 1.45. The van der Waals surface area contributed by atoms with Gasteiger partial charge < -0.3 is 11.1 Å². The van der Waals surface area contributed by atoms with Crippen molar-refractivity contribution in [2.45, 2.75) is 18.3 Å². The molecular weight excluding hydrogens is 195 g/mol. The van der Waals surface area contributed by atoms with E-state index in [2.05, 4.69) is 5.32 Å². The molecule has 1 aliphatic heterocycles. The van der Waals surface area contributed by atoms with Crippen LogP contribution in [0.2, 0.25) is 0 Å². The second-order valence-electron chi connectivity index (χ2n) is 4.38. The average Bonchev–Trinajstić information content (AvgIpc) is 2.97. The van der Waals surface area contributed by atoms with Crippen molar-refractivity contribution in [2.24, 2.45) is 0 Å². The van der Waals surface area contributed by atoms with Crippen LogP contribution in [0.15, 0.2) is 12.1 Å². The van der Waals surface area contributed by atoms with E-state index in [0.717, 1.165) is 18.4 Å². The van der Waals surface area contributed by atoms with Gasteiger partial charge in [0.05, 0.1) is 5.69 Å². The van der Waals surface area contributed by atoms with E-state index < -0.39 is 5.82 Å². The maximum atomic E-state index is 13.2. The van der Waals surface area contributed by atoms with E-state index in [9.17, 15) is 9.18 Å². The van der Waals surface area contributed by atoms with E-state index in [-0.39, 0.29) is 17.0 Å². The van der Waals surface area contributed by atoms with Crippen LogP contribution in [0.4, 0.5) is 10.1 Å². The zero-order valence-corrected chi connectivity index (χ0v) is 8.14. The fourth-order valence-corrected chi connectivity index (χ4v) is 2.25. The number of benzene rings is 1. The van der Waals surface area contributed by atoms with Crippen molar-refractivity contribution in [2.75, 3.05) is 12.3 Å². The molecule has 15 heavy (non-hydrogen) atoms. The van der Waals surface area contributed by atoms with Crippen molar-refractivity contribution in [1.29, 1.82) is 0 Å². The number of nitrogen functional groups attached to an aromatic ring is 1. The molecule has 0 aromatic heterocycles. The van der Waals surface area contributed by atoms with Crippen LogP contribution in [-0.2, 0) is 5.41 Å². The molecule has 1 heterocycles. The standard InChI is InChI=1S/C11H11FN2O/c12-8-3-6-7(4-9(8)13)11(1-2-11)5-14-10(6)15/h3-4H,1-2,5,13H2,(H,14,15). The number of fused-ring (bicyclic) bond motifs is 2. The second-order valence-corrected chi connectivity index (χ2v) is 4.38. The molecule has 1 fully saturated rings. The van der Waals surface area contributed by atoms with Gasteiger partial charge in [0, 0.05) is 17.5 Å². The quantitative estimate of drug-likeness (QED) is 0.626. The molecule has 3 N–H and O–H groups in total. The number of hydrogen-bond donors (Lipinski definition) is 2. The molecule has 0 bridgehead atoms. The summed E-state index contributed by atoms with van der Waals surface area (Å²) in [7, 11) is 0. The minimum atomic E-state index is -0.512. The summed E-state index contributed by atoms with van der Waals surface area (Å²) in [6, 6.07) is 2.87. The highest BCUT2D eigenvalue weighted by Crippen LogP contribution is 2.51. The number of rotatable bonds is 0. The normalized spacial score (nSPS) is 21.0. The maximum Gasteiger partial charge on any atom is 0.251 e. The molecular formula is C11H11FN2O. The van der Waals surface area contributed by atoms with Gasteiger partial charge in [0.2, 0.25) is 0 Å². The number of anilines is 1. The summed E-state index contributed by atoms with van der Waals surface area (Å²) in [5, 5.41) is 2.79. The van der Waals surface area contributed by atoms with E-state index in [1.807, 2.05) is 0 Å². The molecule has 0 saturated heterocycles. The van der Waals surface area contributed by atoms with Gasteiger partial charge in [0.1, 0.15) is 5.82 Å². The largest absolute Gasteiger partial charge is 0.396 e. The topological polar surface area (TPSA) is 55.1 Å². The van der Waals surface area contributed by atoms with Crippen LogP contribution in [0.25, 0.3) is 0 Å². The van der Waals surface area contributed by atoms with Crippen molar-refractivity contribution in [3.63, 3.8) is 0 Å². The minimum absolute atomic E-state index is 0.0467. The smallest absolute Gasteiger partial charge is 0.251 e. The highest BCUT2D eigenvalue weighted by Gasteiger charge is 2.49. The van der Waals surface area contributed by atoms with Gasteiger partial charge in [-0.25, -0.2) is 4.39 Å². The van der Waals surface area contributed by atoms with Crippen LogP contribution in [-0.4, -0.2) is 12.5 Å². The van der Waals surface area contributed by atoms with Crippen molar-refractivity contribution in [3.05, 3.63) is 29.1 Å². The first-order valence-electron chi connectivity index (χ1n) is 5.00. The zero-order chi connectivity index (χ0) is 10.6. The van der Waals surface area contributed by atoms with Crippen LogP contribution < -0.4 is 11.1 Å². The summed E-state index contributed by atoms with van der Waals surface area (Å²) in [5.41, 5.74) is 7.08. The van der Waals surface area contributed by atoms with Crippen LogP contribution >= 0.6 is 0 Å². The van der Waals surface area contributed by atoms with Gasteiger partial charge in [0.25, 0.3) is 5.91 Å². The Morgan fingerprint density at radius 2 is 2.13 bits per heavy atom. The molecule has 4 heteroatoms. The Morgan fingerprint density at radius 3 is 2.80 bits per heavy atom. The summed E-state index contributed by atoms with van der Waals surface area (Å²) in [6.45, 7) is 0.657. The Labute approximate surface area is 86.5 Å². The van der Waals surface area contributed by atoms with Crippen LogP contribution in [0.1, 0.15) is 28.8 Å². The lowest BCUT2D eigenvalue weighted by Crippen LogP contribution is -2.39. The van der Waals surface area contributed by atoms with E-state index in [0.29, 0.717) is 12.1 Å². The van der Waals surface area contributed by atoms with Crippen molar-refractivity contribution >= 4 is 11.6 Å². The molecule has 0 unspecified atom stereocenters. The fraction of sp³-hybridized carbons (Fsp3) is 0.364. The van der Waals surface area contributed by atoms with Crippen molar-refractivity contribution in [1.82, 2.24) is 5.32 Å². The summed E-state index contributed by atoms with van der Waals surface area (Å²) < 4.78 is 13.2. The monoisotopic (exact) mass is 206 g/mol. The second kappa shape index (κ2) is 2.51. The third-order valence-corrected chi connectivity index (χ3v) is 3.39. The van der Waals surface area contributed by atoms with Crippen molar-refractivity contribution in [3.8, 4) is 0 Å². The minimum Gasteiger partial charge on any atom is -0.396 e. The number of hydrogen-bond acceptors (Lipinski definition) is 2.